The predicted molar refractivity (Wildman–Crippen MR) is 168 cm³/mol. The summed E-state index contributed by atoms with van der Waals surface area (Å²) in [5.41, 5.74) is 0. The van der Waals surface area contributed by atoms with Gasteiger partial charge in [-0.25, -0.2) is 9.86 Å². The minimum Gasteiger partial charge on any atom is -0.338 e. The largest absolute Gasteiger partial charge is 0.338 e. The van der Waals surface area contributed by atoms with Gasteiger partial charge in [0.05, 0.1) is 6.61 Å². The molecule has 0 aliphatic carbocycles. The van der Waals surface area contributed by atoms with Gasteiger partial charge in [-0.15, -0.1) is 0 Å². The number of amides is 3. The van der Waals surface area contributed by atoms with Crippen molar-refractivity contribution in [3.05, 3.63) is 0 Å². The lowest BCUT2D eigenvalue weighted by Crippen LogP contribution is -2.52. The lowest BCUT2D eigenvalue weighted by atomic mass is 9.89. The van der Waals surface area contributed by atoms with E-state index in [0.717, 1.165) is 58.1 Å². The van der Waals surface area contributed by atoms with Crippen molar-refractivity contribution >= 4 is 12.4 Å². The summed E-state index contributed by atoms with van der Waals surface area (Å²) in [4.78, 5) is 34.2. The van der Waals surface area contributed by atoms with Crippen molar-refractivity contribution in [3.8, 4) is 0 Å². The number of carbonyl (C=O) groups excluding carboxylic acids is 2. The lowest BCUT2D eigenvalue weighted by molar-refractivity contribution is -0.174. The average molecular weight is 567 g/mol. The van der Waals surface area contributed by atoms with Crippen molar-refractivity contribution in [1.82, 2.24) is 20.2 Å². The number of piperidine rings is 1. The minimum absolute atomic E-state index is 0.0655. The van der Waals surface area contributed by atoms with Crippen molar-refractivity contribution in [2.45, 2.75) is 148 Å². The van der Waals surface area contributed by atoms with Crippen molar-refractivity contribution in [2.24, 2.45) is 5.92 Å². The molecule has 2 atom stereocenters. The van der Waals surface area contributed by atoms with Gasteiger partial charge >= 0.3 is 6.03 Å². The zero-order valence-corrected chi connectivity index (χ0v) is 27.0. The smallest absolute Gasteiger partial charge is 0.317 e. The summed E-state index contributed by atoms with van der Waals surface area (Å²) in [5, 5.41) is 4.58. The summed E-state index contributed by atoms with van der Waals surface area (Å²) in [6.07, 6.45) is 26.3. The summed E-state index contributed by atoms with van der Waals surface area (Å²) >= 11 is 0. The fourth-order valence-corrected chi connectivity index (χ4v) is 5.89. The molecule has 3 amide bonds. The zero-order valence-electron chi connectivity index (χ0n) is 27.0. The number of hydrogen-bond donors (Lipinski definition) is 1. The van der Waals surface area contributed by atoms with Crippen molar-refractivity contribution in [1.29, 1.82) is 0 Å². The van der Waals surface area contributed by atoms with E-state index in [1.54, 1.807) is 0 Å². The molecule has 0 aromatic rings. The van der Waals surface area contributed by atoms with Crippen molar-refractivity contribution in [3.63, 3.8) is 0 Å². The van der Waals surface area contributed by atoms with Gasteiger partial charge in [0.15, 0.2) is 0 Å². The van der Waals surface area contributed by atoms with Gasteiger partial charge in [-0.3, -0.25) is 9.63 Å². The number of hydroxylamine groups is 2. The molecular weight excluding hydrogens is 500 g/mol. The Kier molecular flexibility index (Phi) is 23.3. The third-order valence-corrected chi connectivity index (χ3v) is 8.46. The van der Waals surface area contributed by atoms with Crippen molar-refractivity contribution < 1.29 is 14.4 Å². The first kappa shape index (κ1) is 36.7. The van der Waals surface area contributed by atoms with Crippen LogP contribution in [-0.4, -0.2) is 80.2 Å². The molecule has 1 N–H and O–H groups in total. The molecule has 0 bridgehead atoms. The minimum atomic E-state index is 0.0655. The molecule has 0 saturated carbocycles. The Morgan fingerprint density at radius 3 is 1.93 bits per heavy atom. The Balaban J connectivity index is 2.08. The van der Waals surface area contributed by atoms with Gasteiger partial charge in [0.25, 0.3) is 0 Å². The molecule has 0 aromatic carbocycles. The van der Waals surface area contributed by atoms with Crippen LogP contribution in [0.5, 0.6) is 0 Å². The van der Waals surface area contributed by atoms with Gasteiger partial charge in [-0.2, -0.15) is 0 Å². The van der Waals surface area contributed by atoms with E-state index in [4.69, 9.17) is 4.84 Å². The first-order chi connectivity index (χ1) is 19.5. The van der Waals surface area contributed by atoms with E-state index < -0.39 is 0 Å². The van der Waals surface area contributed by atoms with Crippen molar-refractivity contribution in [2.75, 3.05) is 46.9 Å². The summed E-state index contributed by atoms with van der Waals surface area (Å²) in [6.45, 7) is 8.04. The topological polar surface area (TPSA) is 65.1 Å². The number of unbranched alkanes of at least 4 members (excludes halogenated alkanes) is 15. The summed E-state index contributed by atoms with van der Waals surface area (Å²) in [6, 6.07) is 0.227. The second-order valence-corrected chi connectivity index (χ2v) is 12.4. The number of rotatable bonds is 26. The van der Waals surface area contributed by atoms with Crippen LogP contribution in [0, 0.1) is 5.92 Å². The normalized spacial score (nSPS) is 17.4. The van der Waals surface area contributed by atoms with E-state index in [1.807, 2.05) is 19.0 Å². The maximum absolute atomic E-state index is 13.0. The molecule has 7 nitrogen and oxygen atoms in total. The predicted octanol–water partition coefficient (Wildman–Crippen LogP) is 7.79. The molecule has 236 valence electrons. The molecule has 1 aliphatic heterocycles. The Bertz CT molecular complexity index is 604. The molecule has 1 fully saturated rings. The molecule has 0 radical (unpaired) electrons. The number of hydrogen-bond acceptors (Lipinski definition) is 4. The van der Waals surface area contributed by atoms with Crippen LogP contribution in [-0.2, 0) is 9.63 Å². The van der Waals surface area contributed by atoms with Crippen LogP contribution in [0.25, 0.3) is 0 Å². The lowest BCUT2D eigenvalue weighted by Gasteiger charge is -2.40. The highest BCUT2D eigenvalue weighted by atomic mass is 16.7. The molecule has 40 heavy (non-hydrogen) atoms. The molecule has 1 aliphatic rings. The Hall–Kier alpha value is -1.34. The van der Waals surface area contributed by atoms with E-state index in [-0.39, 0.29) is 12.1 Å². The molecule has 0 spiro atoms. The quantitative estimate of drug-likeness (QED) is 0.0659. The third-order valence-electron chi connectivity index (χ3n) is 8.46. The number of carbonyl (C=O) groups is 2. The highest BCUT2D eigenvalue weighted by Crippen LogP contribution is 2.26. The zero-order chi connectivity index (χ0) is 29.3. The monoisotopic (exact) mass is 567 g/mol. The first-order valence-electron chi connectivity index (χ1n) is 17.0. The highest BCUT2D eigenvalue weighted by molar-refractivity contribution is 5.74. The van der Waals surface area contributed by atoms with Crippen LogP contribution in [0.3, 0.4) is 0 Å². The summed E-state index contributed by atoms with van der Waals surface area (Å²) in [7, 11) is 4.05. The molecular formula is C33H66N4O3. The maximum Gasteiger partial charge on any atom is 0.317 e. The molecule has 2 unspecified atom stereocenters. The highest BCUT2D eigenvalue weighted by Gasteiger charge is 2.31. The summed E-state index contributed by atoms with van der Waals surface area (Å²) in [5.74, 6) is 0.442. The van der Waals surface area contributed by atoms with E-state index in [0.29, 0.717) is 19.1 Å². The number of likely N-dealkylation sites (tertiary alicyclic amines) is 1. The first-order valence-corrected chi connectivity index (χ1v) is 17.0. The van der Waals surface area contributed by atoms with Gasteiger partial charge in [0.1, 0.15) is 0 Å². The van der Waals surface area contributed by atoms with Gasteiger partial charge < -0.3 is 15.1 Å². The number of nitrogens with one attached hydrogen (secondary N) is 1. The standard InChI is InChI=1S/C33H66N4O3/c1-5-6-7-8-9-10-11-12-13-14-15-16-17-18-19-20-25-34-33(39)37-28-21-23-31(2)32(37)24-29-40-36(30-38)27-22-26-35(3)4/h30-32H,5-29H2,1-4H3,(H,34,39). The van der Waals surface area contributed by atoms with E-state index >= 15 is 0 Å². The fraction of sp³-hybridized carbons (Fsp3) is 0.939. The maximum atomic E-state index is 13.0. The Morgan fingerprint density at radius 1 is 0.850 bits per heavy atom. The Morgan fingerprint density at radius 2 is 1.40 bits per heavy atom. The molecule has 1 rings (SSSR count). The SMILES string of the molecule is CCCCCCCCCCCCCCCCCCNC(=O)N1CCCC(C)C1CCON(C=O)CCCN(C)C. The molecule has 0 aromatic heterocycles. The second kappa shape index (κ2) is 25.4. The molecule has 1 saturated heterocycles. The number of urea groups is 1. The fourth-order valence-electron chi connectivity index (χ4n) is 5.89. The van der Waals surface area contributed by atoms with Crippen LogP contribution in [0.2, 0.25) is 0 Å². The van der Waals surface area contributed by atoms with E-state index in [9.17, 15) is 9.59 Å². The van der Waals surface area contributed by atoms with Crippen LogP contribution in [0.15, 0.2) is 0 Å². The molecule has 7 heteroatoms. The third kappa shape index (κ3) is 18.9. The number of nitrogens with zero attached hydrogens (tertiary/aromatic N) is 3. The summed E-state index contributed by atoms with van der Waals surface area (Å²) < 4.78 is 0. The van der Waals surface area contributed by atoms with Crippen LogP contribution >= 0.6 is 0 Å². The Labute approximate surface area is 248 Å². The van der Waals surface area contributed by atoms with Crippen LogP contribution < -0.4 is 5.32 Å². The second-order valence-electron chi connectivity index (χ2n) is 12.4. The average Bonchev–Trinajstić information content (AvgIpc) is 2.94. The van der Waals surface area contributed by atoms with E-state index in [1.165, 1.54) is 101 Å². The van der Waals surface area contributed by atoms with Gasteiger partial charge in [0, 0.05) is 25.7 Å². The van der Waals surface area contributed by atoms with Crippen LogP contribution in [0.4, 0.5) is 4.79 Å². The molecule has 1 heterocycles. The van der Waals surface area contributed by atoms with Gasteiger partial charge in [-0.05, 0) is 58.7 Å². The van der Waals surface area contributed by atoms with Gasteiger partial charge in [-0.1, -0.05) is 110 Å². The van der Waals surface area contributed by atoms with Crippen LogP contribution in [0.1, 0.15) is 142 Å². The van der Waals surface area contributed by atoms with Gasteiger partial charge in [0.2, 0.25) is 6.41 Å². The van der Waals surface area contributed by atoms with E-state index in [2.05, 4.69) is 24.1 Å².